The van der Waals surface area contributed by atoms with Gasteiger partial charge in [-0.25, -0.2) is 9.59 Å². The van der Waals surface area contributed by atoms with E-state index in [-0.39, 0.29) is 0 Å². The first-order valence-electron chi connectivity index (χ1n) is 5.33. The Balaban J connectivity index is 2.40. The summed E-state index contributed by atoms with van der Waals surface area (Å²) in [6.45, 7) is 4.09. The zero-order valence-electron chi connectivity index (χ0n) is 9.82. The highest BCUT2D eigenvalue weighted by Gasteiger charge is 2.17. The first kappa shape index (κ1) is 13.5. The first-order chi connectivity index (χ1) is 8.04. The van der Waals surface area contributed by atoms with E-state index in [1.165, 1.54) is 0 Å². The third-order valence-electron chi connectivity index (χ3n) is 2.41. The summed E-state index contributed by atoms with van der Waals surface area (Å²) in [7, 11) is 0. The van der Waals surface area contributed by atoms with Crippen molar-refractivity contribution in [2.75, 3.05) is 0 Å². The molecule has 0 saturated heterocycles. The summed E-state index contributed by atoms with van der Waals surface area (Å²) in [5.41, 5.74) is 2.18. The smallest absolute Gasteiger partial charge is 0.326 e. The second-order valence-electron chi connectivity index (χ2n) is 3.71. The average Bonchev–Trinajstić information content (AvgIpc) is 2.68. The van der Waals surface area contributed by atoms with Crippen LogP contribution < -0.4 is 10.6 Å². The lowest BCUT2D eigenvalue weighted by atomic mass is 10.2. The van der Waals surface area contributed by atoms with Crippen LogP contribution in [0.25, 0.3) is 0 Å². The van der Waals surface area contributed by atoms with E-state index in [0.717, 1.165) is 11.1 Å². The van der Waals surface area contributed by atoms with Crippen LogP contribution in [0.4, 0.5) is 4.79 Å². The molecule has 3 N–H and O–H groups in total. The van der Waals surface area contributed by atoms with Gasteiger partial charge in [0.2, 0.25) is 0 Å². The van der Waals surface area contributed by atoms with E-state index >= 15 is 0 Å². The number of amides is 2. The standard InChI is InChI=1S/C11H16N2O3S/c1-3-9(10(14)15)13-11(16)12-4-8-6-17-5-7(8)2/h5-6,9H,3-4H2,1-2H3,(H,14,15)(H2,12,13,16). The van der Waals surface area contributed by atoms with Gasteiger partial charge in [0, 0.05) is 6.54 Å². The van der Waals surface area contributed by atoms with Crippen molar-refractivity contribution in [2.24, 2.45) is 0 Å². The topological polar surface area (TPSA) is 78.4 Å². The number of carboxylic acid groups (broad SMARTS) is 1. The first-order valence-corrected chi connectivity index (χ1v) is 6.27. The summed E-state index contributed by atoms with van der Waals surface area (Å²) in [5.74, 6) is -1.02. The predicted octanol–water partition coefficient (Wildman–Crippen LogP) is 1.72. The van der Waals surface area contributed by atoms with Crippen molar-refractivity contribution in [1.82, 2.24) is 10.6 Å². The summed E-state index contributed by atoms with van der Waals surface area (Å²) in [5, 5.41) is 17.8. The number of aliphatic carboxylic acids is 1. The maximum absolute atomic E-state index is 11.4. The monoisotopic (exact) mass is 256 g/mol. The number of urea groups is 1. The zero-order valence-corrected chi connectivity index (χ0v) is 10.6. The van der Waals surface area contributed by atoms with Crippen LogP contribution in [0.2, 0.25) is 0 Å². The minimum atomic E-state index is -1.02. The van der Waals surface area contributed by atoms with Gasteiger partial charge in [-0.3, -0.25) is 0 Å². The molecule has 6 heteroatoms. The van der Waals surface area contributed by atoms with Crippen molar-refractivity contribution in [3.63, 3.8) is 0 Å². The summed E-state index contributed by atoms with van der Waals surface area (Å²) >= 11 is 1.58. The Labute approximate surface area is 104 Å². The fourth-order valence-electron chi connectivity index (χ4n) is 1.29. The number of thiophene rings is 1. The number of carboxylic acids is 1. The quantitative estimate of drug-likeness (QED) is 0.750. The Hall–Kier alpha value is -1.56. The van der Waals surface area contributed by atoms with Gasteiger partial charge in [0.05, 0.1) is 0 Å². The van der Waals surface area contributed by atoms with Crippen LogP contribution >= 0.6 is 11.3 Å². The summed E-state index contributed by atoms with van der Waals surface area (Å²) in [6.07, 6.45) is 0.361. The van der Waals surface area contributed by atoms with Gasteiger partial charge < -0.3 is 15.7 Å². The van der Waals surface area contributed by atoms with E-state index < -0.39 is 18.0 Å². The molecule has 1 unspecified atom stereocenters. The van der Waals surface area contributed by atoms with Gasteiger partial charge in [-0.1, -0.05) is 6.92 Å². The zero-order chi connectivity index (χ0) is 12.8. The summed E-state index contributed by atoms with van der Waals surface area (Å²) in [6, 6.07) is -1.29. The Kier molecular flexibility index (Phi) is 4.96. The number of aryl methyl sites for hydroxylation is 1. The van der Waals surface area contributed by atoms with Gasteiger partial charge in [-0.2, -0.15) is 11.3 Å². The Morgan fingerprint density at radius 3 is 2.65 bits per heavy atom. The van der Waals surface area contributed by atoms with E-state index in [1.807, 2.05) is 17.7 Å². The maximum Gasteiger partial charge on any atom is 0.326 e. The highest BCUT2D eigenvalue weighted by atomic mass is 32.1. The normalized spacial score (nSPS) is 11.9. The van der Waals surface area contributed by atoms with Crippen molar-refractivity contribution in [3.05, 3.63) is 21.9 Å². The van der Waals surface area contributed by atoms with Gasteiger partial charge in [-0.15, -0.1) is 0 Å². The number of carbonyl (C=O) groups is 2. The van der Waals surface area contributed by atoms with Crippen LogP contribution in [0.3, 0.4) is 0 Å². The fraction of sp³-hybridized carbons (Fsp3) is 0.455. The van der Waals surface area contributed by atoms with E-state index in [1.54, 1.807) is 18.3 Å². The van der Waals surface area contributed by atoms with Crippen molar-refractivity contribution in [1.29, 1.82) is 0 Å². The molecule has 1 heterocycles. The van der Waals surface area contributed by atoms with E-state index in [9.17, 15) is 9.59 Å². The maximum atomic E-state index is 11.4. The van der Waals surface area contributed by atoms with Crippen molar-refractivity contribution in [2.45, 2.75) is 32.9 Å². The molecule has 17 heavy (non-hydrogen) atoms. The lowest BCUT2D eigenvalue weighted by Gasteiger charge is -2.13. The number of rotatable bonds is 5. The molecule has 5 nitrogen and oxygen atoms in total. The molecule has 0 saturated carbocycles. The largest absolute Gasteiger partial charge is 0.480 e. The average molecular weight is 256 g/mol. The molecule has 0 aliphatic rings. The lowest BCUT2D eigenvalue weighted by Crippen LogP contribution is -2.45. The van der Waals surface area contributed by atoms with Crippen LogP contribution in [0.5, 0.6) is 0 Å². The Morgan fingerprint density at radius 1 is 1.47 bits per heavy atom. The van der Waals surface area contributed by atoms with Gasteiger partial charge in [0.25, 0.3) is 0 Å². The molecule has 1 aromatic rings. The van der Waals surface area contributed by atoms with Gasteiger partial charge in [0.1, 0.15) is 6.04 Å². The molecule has 1 atom stereocenters. The lowest BCUT2D eigenvalue weighted by molar-refractivity contribution is -0.139. The third-order valence-corrected chi connectivity index (χ3v) is 3.32. The molecule has 1 rings (SSSR count). The van der Waals surface area contributed by atoms with Crippen LogP contribution in [-0.2, 0) is 11.3 Å². The fourth-order valence-corrected chi connectivity index (χ4v) is 2.15. The second kappa shape index (κ2) is 6.24. The third kappa shape index (κ3) is 4.07. The van der Waals surface area contributed by atoms with Crippen LogP contribution in [-0.4, -0.2) is 23.1 Å². The van der Waals surface area contributed by atoms with Crippen LogP contribution in [0, 0.1) is 6.92 Å². The predicted molar refractivity (Wildman–Crippen MR) is 66.1 cm³/mol. The van der Waals surface area contributed by atoms with Crippen LogP contribution in [0.1, 0.15) is 24.5 Å². The van der Waals surface area contributed by atoms with Crippen LogP contribution in [0.15, 0.2) is 10.8 Å². The number of carbonyl (C=O) groups excluding carboxylic acids is 1. The summed E-state index contributed by atoms with van der Waals surface area (Å²) < 4.78 is 0. The van der Waals surface area contributed by atoms with Gasteiger partial charge >= 0.3 is 12.0 Å². The highest BCUT2D eigenvalue weighted by Crippen LogP contribution is 2.12. The Bertz CT molecular complexity index is 403. The van der Waals surface area contributed by atoms with Gasteiger partial charge in [-0.05, 0) is 35.2 Å². The van der Waals surface area contributed by atoms with Crippen molar-refractivity contribution >= 4 is 23.3 Å². The SMILES string of the molecule is CCC(NC(=O)NCc1cscc1C)C(=O)O. The molecular formula is C11H16N2O3S. The molecule has 0 aliphatic heterocycles. The molecule has 0 aromatic carbocycles. The molecular weight excluding hydrogens is 240 g/mol. The molecule has 0 radical (unpaired) electrons. The molecule has 0 fully saturated rings. The molecule has 94 valence electrons. The minimum Gasteiger partial charge on any atom is -0.480 e. The second-order valence-corrected chi connectivity index (χ2v) is 4.45. The molecule has 0 spiro atoms. The highest BCUT2D eigenvalue weighted by molar-refractivity contribution is 7.08. The number of nitrogens with one attached hydrogen (secondary N) is 2. The summed E-state index contributed by atoms with van der Waals surface area (Å²) in [4.78, 5) is 22.2. The van der Waals surface area contributed by atoms with E-state index in [2.05, 4.69) is 10.6 Å². The van der Waals surface area contributed by atoms with Crippen molar-refractivity contribution in [3.8, 4) is 0 Å². The van der Waals surface area contributed by atoms with Gasteiger partial charge in [0.15, 0.2) is 0 Å². The van der Waals surface area contributed by atoms with E-state index in [4.69, 9.17) is 5.11 Å². The molecule has 1 aromatic heterocycles. The minimum absolute atomic E-state index is 0.361. The molecule has 0 aliphatic carbocycles. The Morgan fingerprint density at radius 2 is 2.18 bits per heavy atom. The number of hydrogen-bond acceptors (Lipinski definition) is 3. The molecule has 2 amide bonds. The molecule has 0 bridgehead atoms. The van der Waals surface area contributed by atoms with E-state index in [0.29, 0.717) is 13.0 Å². The van der Waals surface area contributed by atoms with Crippen molar-refractivity contribution < 1.29 is 14.7 Å². The number of hydrogen-bond donors (Lipinski definition) is 3.